The van der Waals surface area contributed by atoms with Gasteiger partial charge in [0.2, 0.25) is 0 Å². The molecule has 0 aliphatic heterocycles. The van der Waals surface area contributed by atoms with Crippen LogP contribution in [0.2, 0.25) is 0 Å². The highest BCUT2D eigenvalue weighted by atomic mass is 32.1. The van der Waals surface area contributed by atoms with Crippen LogP contribution < -0.4 is 0 Å². The zero-order chi connectivity index (χ0) is 17.2. The summed E-state index contributed by atoms with van der Waals surface area (Å²) < 4.78 is 0. The van der Waals surface area contributed by atoms with Gasteiger partial charge in [-0.05, 0) is 50.0 Å². The Hall–Kier alpha value is -1.68. The number of hydrogen-bond donors (Lipinski definition) is 0. The number of hydrogen-bond acceptors (Lipinski definition) is 3. The van der Waals surface area contributed by atoms with Crippen molar-refractivity contribution in [1.82, 2.24) is 9.88 Å². The average Bonchev–Trinajstić information content (AvgIpc) is 3.35. The van der Waals surface area contributed by atoms with Gasteiger partial charge in [-0.15, -0.1) is 11.3 Å². The van der Waals surface area contributed by atoms with E-state index >= 15 is 0 Å². The first-order chi connectivity index (χ1) is 12.2. The Bertz CT molecular complexity index is 715. The van der Waals surface area contributed by atoms with E-state index in [1.165, 1.54) is 31.2 Å². The van der Waals surface area contributed by atoms with Crippen molar-refractivity contribution in [3.63, 3.8) is 0 Å². The average molecular weight is 355 g/mol. The van der Waals surface area contributed by atoms with E-state index in [-0.39, 0.29) is 5.91 Å². The molecule has 25 heavy (non-hydrogen) atoms. The Morgan fingerprint density at radius 1 is 1.08 bits per heavy atom. The molecule has 0 saturated heterocycles. The molecule has 0 N–H and O–H groups in total. The van der Waals surface area contributed by atoms with E-state index in [2.05, 4.69) is 28.9 Å². The molecule has 4 heteroatoms. The zero-order valence-electron chi connectivity index (χ0n) is 14.9. The molecule has 0 spiro atoms. The monoisotopic (exact) mass is 354 g/mol. The number of carbonyl (C=O) groups is 1. The zero-order valence-corrected chi connectivity index (χ0v) is 15.7. The summed E-state index contributed by atoms with van der Waals surface area (Å²) in [7, 11) is 0. The number of thiazole rings is 1. The molecule has 0 bridgehead atoms. The Morgan fingerprint density at radius 3 is 2.36 bits per heavy atom. The molecule has 132 valence electrons. The van der Waals surface area contributed by atoms with Crippen LogP contribution in [0.25, 0.3) is 0 Å². The molecular weight excluding hydrogens is 328 g/mol. The summed E-state index contributed by atoms with van der Waals surface area (Å²) in [5.74, 6) is 0.974. The van der Waals surface area contributed by atoms with Gasteiger partial charge in [0.1, 0.15) is 5.69 Å². The van der Waals surface area contributed by atoms with Crippen LogP contribution in [0.4, 0.5) is 0 Å². The third-order valence-electron chi connectivity index (χ3n) is 5.52. The molecule has 2 fully saturated rings. The highest BCUT2D eigenvalue weighted by Gasteiger charge is 2.39. The van der Waals surface area contributed by atoms with Gasteiger partial charge in [0.25, 0.3) is 5.91 Å². The topological polar surface area (TPSA) is 33.2 Å². The molecule has 0 radical (unpaired) electrons. The molecule has 0 atom stereocenters. The lowest BCUT2D eigenvalue weighted by Crippen LogP contribution is -2.43. The second kappa shape index (κ2) is 7.28. The van der Waals surface area contributed by atoms with Gasteiger partial charge in [0.15, 0.2) is 0 Å². The van der Waals surface area contributed by atoms with E-state index in [0.29, 0.717) is 17.8 Å². The Morgan fingerprint density at radius 2 is 1.72 bits per heavy atom. The van der Waals surface area contributed by atoms with E-state index in [1.54, 1.807) is 11.3 Å². The minimum Gasteiger partial charge on any atom is -0.331 e. The molecule has 2 aromatic rings. The highest BCUT2D eigenvalue weighted by Crippen LogP contribution is 2.36. The normalized spacial score (nSPS) is 23.4. The number of amides is 1. The maximum Gasteiger partial charge on any atom is 0.273 e. The van der Waals surface area contributed by atoms with Crippen LogP contribution in [-0.4, -0.2) is 27.9 Å². The van der Waals surface area contributed by atoms with Crippen molar-refractivity contribution in [3.8, 4) is 0 Å². The van der Waals surface area contributed by atoms with Crippen LogP contribution in [0, 0.1) is 5.92 Å². The van der Waals surface area contributed by atoms with E-state index in [0.717, 1.165) is 30.2 Å². The van der Waals surface area contributed by atoms with E-state index in [1.807, 2.05) is 23.6 Å². The minimum atomic E-state index is 0.164. The fourth-order valence-corrected chi connectivity index (χ4v) is 4.70. The van der Waals surface area contributed by atoms with Crippen molar-refractivity contribution < 1.29 is 4.79 Å². The second-order valence-corrected chi connectivity index (χ2v) is 8.59. The van der Waals surface area contributed by atoms with Crippen LogP contribution in [0.3, 0.4) is 0 Å². The molecule has 3 nitrogen and oxygen atoms in total. The second-order valence-electron chi connectivity index (χ2n) is 7.65. The number of nitrogens with zero attached hydrogens (tertiary/aromatic N) is 2. The van der Waals surface area contributed by atoms with Gasteiger partial charge in [0.05, 0.1) is 5.01 Å². The Kier molecular flexibility index (Phi) is 4.89. The molecule has 4 rings (SSSR count). The molecule has 2 saturated carbocycles. The molecular formula is C21H26N2OS. The summed E-state index contributed by atoms with van der Waals surface area (Å²) in [5, 5.41) is 2.99. The van der Waals surface area contributed by atoms with Crippen molar-refractivity contribution in [2.24, 2.45) is 5.92 Å². The van der Waals surface area contributed by atoms with Crippen molar-refractivity contribution in [3.05, 3.63) is 52.0 Å². The van der Waals surface area contributed by atoms with Crippen LogP contribution in [0.5, 0.6) is 0 Å². The standard InChI is InChI=1S/C21H26N2OS/c1-15-7-9-17(10-8-15)23(18-11-12-18)21(24)19-14-25-20(22-19)13-16-5-3-2-4-6-16/h2-6,14-15,17-18H,7-13H2,1H3. The first-order valence-electron chi connectivity index (χ1n) is 9.51. The van der Waals surface area contributed by atoms with Crippen molar-refractivity contribution >= 4 is 17.2 Å². The summed E-state index contributed by atoms with van der Waals surface area (Å²) in [4.78, 5) is 20.0. The third-order valence-corrected chi connectivity index (χ3v) is 6.37. The summed E-state index contributed by atoms with van der Waals surface area (Å²) in [5.41, 5.74) is 1.90. The maximum absolute atomic E-state index is 13.1. The fourth-order valence-electron chi connectivity index (χ4n) is 3.90. The largest absolute Gasteiger partial charge is 0.331 e. The SMILES string of the molecule is CC1CCC(N(C(=O)c2csc(Cc3ccccc3)n2)C2CC2)CC1. The molecule has 2 aliphatic carbocycles. The van der Waals surface area contributed by atoms with Gasteiger partial charge in [-0.25, -0.2) is 4.98 Å². The van der Waals surface area contributed by atoms with Crippen molar-refractivity contribution in [2.75, 3.05) is 0 Å². The van der Waals surface area contributed by atoms with Crippen molar-refractivity contribution in [2.45, 2.75) is 64.0 Å². The van der Waals surface area contributed by atoms with Gasteiger partial charge in [-0.3, -0.25) is 4.79 Å². The first kappa shape index (κ1) is 16.8. The van der Waals surface area contributed by atoms with Gasteiger partial charge in [0, 0.05) is 23.9 Å². The summed E-state index contributed by atoms with van der Waals surface area (Å²) >= 11 is 1.61. The molecule has 0 unspecified atom stereocenters. The van der Waals surface area contributed by atoms with E-state index < -0.39 is 0 Å². The molecule has 1 amide bonds. The summed E-state index contributed by atoms with van der Waals surface area (Å²) in [6.07, 6.45) is 7.95. The molecule has 1 aromatic heterocycles. The smallest absolute Gasteiger partial charge is 0.273 e. The lowest BCUT2D eigenvalue weighted by molar-refractivity contribution is 0.0587. The number of benzene rings is 1. The summed E-state index contributed by atoms with van der Waals surface area (Å²) in [6, 6.07) is 11.2. The first-order valence-corrected chi connectivity index (χ1v) is 10.4. The van der Waals surface area contributed by atoms with Gasteiger partial charge in [-0.2, -0.15) is 0 Å². The van der Waals surface area contributed by atoms with Gasteiger partial charge in [-0.1, -0.05) is 37.3 Å². The van der Waals surface area contributed by atoms with Crippen LogP contribution >= 0.6 is 11.3 Å². The molecule has 2 aliphatic rings. The maximum atomic E-state index is 13.1. The van der Waals surface area contributed by atoms with E-state index in [9.17, 15) is 4.79 Å². The molecule has 1 aromatic carbocycles. The van der Waals surface area contributed by atoms with E-state index in [4.69, 9.17) is 0 Å². The predicted octanol–water partition coefficient (Wildman–Crippen LogP) is 4.92. The van der Waals surface area contributed by atoms with Gasteiger partial charge < -0.3 is 4.90 Å². The fraction of sp³-hybridized carbons (Fsp3) is 0.524. The predicted molar refractivity (Wildman–Crippen MR) is 102 cm³/mol. The van der Waals surface area contributed by atoms with Crippen LogP contribution in [-0.2, 0) is 6.42 Å². The lowest BCUT2D eigenvalue weighted by Gasteiger charge is -2.36. The number of aromatic nitrogens is 1. The van der Waals surface area contributed by atoms with Crippen molar-refractivity contribution in [1.29, 1.82) is 0 Å². The highest BCUT2D eigenvalue weighted by molar-refractivity contribution is 7.09. The quantitative estimate of drug-likeness (QED) is 0.764. The number of carbonyl (C=O) groups excluding carboxylic acids is 1. The Labute approximate surface area is 154 Å². The molecule has 1 heterocycles. The van der Waals surface area contributed by atoms with Crippen LogP contribution in [0.15, 0.2) is 35.7 Å². The third kappa shape index (κ3) is 3.95. The number of rotatable bonds is 5. The minimum absolute atomic E-state index is 0.164. The van der Waals surface area contributed by atoms with Crippen LogP contribution in [0.1, 0.15) is 66.5 Å². The van der Waals surface area contributed by atoms with Gasteiger partial charge >= 0.3 is 0 Å². The Balaban J connectivity index is 1.47. The lowest BCUT2D eigenvalue weighted by atomic mass is 9.86. The summed E-state index contributed by atoms with van der Waals surface area (Å²) in [6.45, 7) is 2.33.